The van der Waals surface area contributed by atoms with Crippen LogP contribution in [0.5, 0.6) is 5.75 Å². The zero-order chi connectivity index (χ0) is 13.5. The number of nitro groups is 1. The van der Waals surface area contributed by atoms with Gasteiger partial charge in [-0.25, -0.2) is 0 Å². The average molecular weight is 254 g/mol. The maximum absolute atomic E-state index is 10.8. The molecule has 0 saturated heterocycles. The van der Waals surface area contributed by atoms with Gasteiger partial charge in [-0.2, -0.15) is 0 Å². The standard InChI is InChI=1S/C12H18N2O4/c1-3-9(15)6-7-13-11-8-10(18-2)4-5-12(11)14(16)17/h4-5,8-9,13,15H,3,6-7H2,1-2H3. The lowest BCUT2D eigenvalue weighted by molar-refractivity contribution is -0.384. The van der Waals surface area contributed by atoms with Gasteiger partial charge in [-0.15, -0.1) is 0 Å². The van der Waals surface area contributed by atoms with Crippen LogP contribution in [0.25, 0.3) is 0 Å². The highest BCUT2D eigenvalue weighted by Crippen LogP contribution is 2.28. The molecule has 1 rings (SSSR count). The van der Waals surface area contributed by atoms with Crippen LogP contribution in [0.3, 0.4) is 0 Å². The summed E-state index contributed by atoms with van der Waals surface area (Å²) in [6.45, 7) is 2.36. The summed E-state index contributed by atoms with van der Waals surface area (Å²) in [5.41, 5.74) is 0.407. The van der Waals surface area contributed by atoms with Crippen LogP contribution in [0, 0.1) is 10.1 Å². The number of aliphatic hydroxyl groups excluding tert-OH is 1. The van der Waals surface area contributed by atoms with E-state index in [1.54, 1.807) is 12.1 Å². The molecule has 0 aliphatic rings. The average Bonchev–Trinajstić information content (AvgIpc) is 2.37. The molecule has 1 aromatic rings. The summed E-state index contributed by atoms with van der Waals surface area (Å²) in [6.07, 6.45) is 0.828. The Balaban J connectivity index is 2.75. The van der Waals surface area contributed by atoms with Crippen molar-refractivity contribution in [2.24, 2.45) is 0 Å². The molecule has 1 unspecified atom stereocenters. The number of methoxy groups -OCH3 is 1. The van der Waals surface area contributed by atoms with Crippen molar-refractivity contribution in [2.45, 2.75) is 25.9 Å². The topological polar surface area (TPSA) is 84.6 Å². The lowest BCUT2D eigenvalue weighted by Gasteiger charge is -2.11. The number of benzene rings is 1. The second-order valence-corrected chi connectivity index (χ2v) is 3.92. The van der Waals surface area contributed by atoms with Gasteiger partial charge in [0.25, 0.3) is 5.69 Å². The summed E-state index contributed by atoms with van der Waals surface area (Å²) < 4.78 is 5.03. The zero-order valence-electron chi connectivity index (χ0n) is 10.5. The zero-order valence-corrected chi connectivity index (χ0v) is 10.5. The number of nitrogens with zero attached hydrogens (tertiary/aromatic N) is 1. The van der Waals surface area contributed by atoms with Gasteiger partial charge in [-0.05, 0) is 18.9 Å². The van der Waals surface area contributed by atoms with E-state index in [2.05, 4.69) is 5.32 Å². The maximum atomic E-state index is 10.8. The minimum Gasteiger partial charge on any atom is -0.497 e. The van der Waals surface area contributed by atoms with E-state index in [0.717, 1.165) is 0 Å². The van der Waals surface area contributed by atoms with Crippen LogP contribution in [-0.2, 0) is 0 Å². The molecule has 6 heteroatoms. The van der Waals surface area contributed by atoms with E-state index in [1.165, 1.54) is 13.2 Å². The number of ether oxygens (including phenoxy) is 1. The fraction of sp³-hybridized carbons (Fsp3) is 0.500. The van der Waals surface area contributed by atoms with Crippen LogP contribution in [0.2, 0.25) is 0 Å². The first-order valence-corrected chi connectivity index (χ1v) is 5.82. The minimum atomic E-state index is -0.446. The summed E-state index contributed by atoms with van der Waals surface area (Å²) in [6, 6.07) is 4.53. The number of hydrogen-bond donors (Lipinski definition) is 2. The molecular formula is C12H18N2O4. The number of rotatable bonds is 7. The van der Waals surface area contributed by atoms with Crippen molar-refractivity contribution in [1.29, 1.82) is 0 Å². The Morgan fingerprint density at radius 1 is 1.56 bits per heavy atom. The second-order valence-electron chi connectivity index (χ2n) is 3.92. The molecule has 0 aliphatic carbocycles. The Bertz CT molecular complexity index is 409. The Morgan fingerprint density at radius 3 is 2.83 bits per heavy atom. The highest BCUT2D eigenvalue weighted by atomic mass is 16.6. The molecular weight excluding hydrogens is 236 g/mol. The number of nitrogens with one attached hydrogen (secondary N) is 1. The number of nitro benzene ring substituents is 1. The highest BCUT2D eigenvalue weighted by Gasteiger charge is 2.14. The molecule has 1 atom stereocenters. The summed E-state index contributed by atoms with van der Waals surface area (Å²) in [5.74, 6) is 0.555. The van der Waals surface area contributed by atoms with Crippen molar-refractivity contribution in [3.63, 3.8) is 0 Å². The predicted octanol–water partition coefficient (Wildman–Crippen LogP) is 2.18. The molecule has 0 aliphatic heterocycles. The van der Waals surface area contributed by atoms with Crippen molar-refractivity contribution in [2.75, 3.05) is 19.0 Å². The van der Waals surface area contributed by atoms with Crippen LogP contribution in [0.4, 0.5) is 11.4 Å². The number of hydrogen-bond acceptors (Lipinski definition) is 5. The predicted molar refractivity (Wildman–Crippen MR) is 69.1 cm³/mol. The van der Waals surface area contributed by atoms with Crippen LogP contribution < -0.4 is 10.1 Å². The van der Waals surface area contributed by atoms with Crippen molar-refractivity contribution in [3.05, 3.63) is 28.3 Å². The Kier molecular flexibility index (Phi) is 5.38. The molecule has 0 heterocycles. The molecule has 0 amide bonds. The summed E-state index contributed by atoms with van der Waals surface area (Å²) >= 11 is 0. The number of aliphatic hydroxyl groups is 1. The van der Waals surface area contributed by atoms with E-state index < -0.39 is 4.92 Å². The molecule has 2 N–H and O–H groups in total. The molecule has 0 spiro atoms. The van der Waals surface area contributed by atoms with E-state index in [-0.39, 0.29) is 11.8 Å². The molecule has 0 bridgehead atoms. The van der Waals surface area contributed by atoms with Gasteiger partial charge in [-0.3, -0.25) is 10.1 Å². The van der Waals surface area contributed by atoms with Crippen LogP contribution in [0.1, 0.15) is 19.8 Å². The van der Waals surface area contributed by atoms with Gasteiger partial charge in [-0.1, -0.05) is 6.92 Å². The maximum Gasteiger partial charge on any atom is 0.292 e. The van der Waals surface area contributed by atoms with Crippen LogP contribution in [-0.4, -0.2) is 29.8 Å². The molecule has 0 saturated carbocycles. The molecule has 18 heavy (non-hydrogen) atoms. The van der Waals surface area contributed by atoms with Crippen LogP contribution in [0.15, 0.2) is 18.2 Å². The fourth-order valence-corrected chi connectivity index (χ4v) is 1.52. The smallest absolute Gasteiger partial charge is 0.292 e. The summed E-state index contributed by atoms with van der Waals surface area (Å²) in [7, 11) is 1.51. The first-order valence-electron chi connectivity index (χ1n) is 5.82. The van der Waals surface area contributed by atoms with E-state index in [1.807, 2.05) is 6.92 Å². The molecule has 0 fully saturated rings. The third-order valence-electron chi connectivity index (χ3n) is 2.66. The van der Waals surface area contributed by atoms with Gasteiger partial charge in [0.05, 0.1) is 18.1 Å². The lowest BCUT2D eigenvalue weighted by atomic mass is 10.2. The van der Waals surface area contributed by atoms with E-state index >= 15 is 0 Å². The third kappa shape index (κ3) is 3.89. The minimum absolute atomic E-state index is 0.00166. The Labute approximate surface area is 106 Å². The molecule has 100 valence electrons. The summed E-state index contributed by atoms with van der Waals surface area (Å²) in [5, 5.41) is 23.2. The monoisotopic (exact) mass is 254 g/mol. The SMILES string of the molecule is CCC(O)CCNc1cc(OC)ccc1[N+](=O)[O-]. The Morgan fingerprint density at radius 2 is 2.28 bits per heavy atom. The van der Waals surface area contributed by atoms with Crippen LogP contribution >= 0.6 is 0 Å². The van der Waals surface area contributed by atoms with E-state index in [0.29, 0.717) is 30.8 Å². The van der Waals surface area contributed by atoms with Gasteiger partial charge in [0.2, 0.25) is 0 Å². The third-order valence-corrected chi connectivity index (χ3v) is 2.66. The molecule has 6 nitrogen and oxygen atoms in total. The van der Waals surface area contributed by atoms with Gasteiger partial charge < -0.3 is 15.2 Å². The van der Waals surface area contributed by atoms with Gasteiger partial charge in [0, 0.05) is 18.7 Å². The van der Waals surface area contributed by atoms with Crippen molar-refractivity contribution >= 4 is 11.4 Å². The van der Waals surface area contributed by atoms with Gasteiger partial charge in [0.1, 0.15) is 11.4 Å². The molecule has 0 radical (unpaired) electrons. The highest BCUT2D eigenvalue weighted by molar-refractivity contribution is 5.64. The first kappa shape index (κ1) is 14.2. The largest absolute Gasteiger partial charge is 0.497 e. The van der Waals surface area contributed by atoms with E-state index in [9.17, 15) is 15.2 Å². The van der Waals surface area contributed by atoms with Gasteiger partial charge in [0.15, 0.2) is 0 Å². The summed E-state index contributed by atoms with van der Waals surface area (Å²) in [4.78, 5) is 10.4. The fourth-order valence-electron chi connectivity index (χ4n) is 1.52. The Hall–Kier alpha value is -1.82. The van der Waals surface area contributed by atoms with E-state index in [4.69, 9.17) is 4.74 Å². The second kappa shape index (κ2) is 6.80. The van der Waals surface area contributed by atoms with Gasteiger partial charge >= 0.3 is 0 Å². The first-order chi connectivity index (χ1) is 8.58. The van der Waals surface area contributed by atoms with Crippen molar-refractivity contribution < 1.29 is 14.8 Å². The van der Waals surface area contributed by atoms with Crippen molar-refractivity contribution in [1.82, 2.24) is 0 Å². The molecule has 1 aromatic carbocycles. The quantitative estimate of drug-likeness (QED) is 0.575. The normalized spacial score (nSPS) is 11.9. The number of anilines is 1. The lowest BCUT2D eigenvalue weighted by Crippen LogP contribution is -2.13. The molecule has 0 aromatic heterocycles. The van der Waals surface area contributed by atoms with Crippen molar-refractivity contribution in [3.8, 4) is 5.75 Å².